The van der Waals surface area contributed by atoms with Gasteiger partial charge in [-0.15, -0.1) is 0 Å². The molecule has 0 saturated carbocycles. The van der Waals surface area contributed by atoms with Crippen molar-refractivity contribution in [1.29, 1.82) is 0 Å². The number of benzene rings is 1. The average Bonchev–Trinajstić information content (AvgIpc) is 2.86. The zero-order valence-electron chi connectivity index (χ0n) is 11.1. The minimum atomic E-state index is -0.212. The van der Waals surface area contributed by atoms with Crippen LogP contribution in [-0.2, 0) is 16.0 Å². The summed E-state index contributed by atoms with van der Waals surface area (Å²) in [6.07, 6.45) is 0.790. The first kappa shape index (κ1) is 13.8. The van der Waals surface area contributed by atoms with E-state index in [0.29, 0.717) is 19.8 Å². The van der Waals surface area contributed by atoms with Crippen LogP contribution in [0.5, 0.6) is 5.75 Å². The van der Waals surface area contributed by atoms with Crippen molar-refractivity contribution in [3.05, 3.63) is 29.8 Å². The first-order valence-electron chi connectivity index (χ1n) is 6.44. The van der Waals surface area contributed by atoms with E-state index in [2.05, 4.69) is 5.32 Å². The van der Waals surface area contributed by atoms with Crippen molar-refractivity contribution in [3.63, 3.8) is 0 Å². The van der Waals surface area contributed by atoms with Crippen LogP contribution in [0.2, 0.25) is 0 Å². The summed E-state index contributed by atoms with van der Waals surface area (Å²) < 4.78 is 10.3. The Morgan fingerprint density at radius 3 is 2.74 bits per heavy atom. The standard InChI is InChI=1S/C14H20N2O3/c1-18-11-4-2-10(3-5-11)6-7-16-14(17)12-8-19-9-13(12)15/h2-5,12-13H,6-9,15H2,1H3,(H,16,17). The molecule has 1 amide bonds. The van der Waals surface area contributed by atoms with Crippen molar-refractivity contribution >= 4 is 5.91 Å². The normalized spacial score (nSPS) is 22.2. The molecule has 1 aromatic rings. The maximum absolute atomic E-state index is 11.9. The molecule has 0 aliphatic carbocycles. The minimum absolute atomic E-state index is 0.0153. The average molecular weight is 264 g/mol. The predicted molar refractivity (Wildman–Crippen MR) is 72.0 cm³/mol. The number of hydrogen-bond donors (Lipinski definition) is 2. The molecule has 3 N–H and O–H groups in total. The van der Waals surface area contributed by atoms with E-state index in [4.69, 9.17) is 15.2 Å². The Bertz CT molecular complexity index is 419. The van der Waals surface area contributed by atoms with Gasteiger partial charge in [-0.1, -0.05) is 12.1 Å². The van der Waals surface area contributed by atoms with E-state index in [1.165, 1.54) is 0 Å². The molecule has 5 heteroatoms. The Morgan fingerprint density at radius 2 is 2.16 bits per heavy atom. The van der Waals surface area contributed by atoms with Crippen LogP contribution < -0.4 is 15.8 Å². The third-order valence-corrected chi connectivity index (χ3v) is 3.33. The van der Waals surface area contributed by atoms with Gasteiger partial charge in [0.15, 0.2) is 0 Å². The lowest BCUT2D eigenvalue weighted by Crippen LogP contribution is -2.41. The van der Waals surface area contributed by atoms with E-state index in [1.54, 1.807) is 7.11 Å². The summed E-state index contributed by atoms with van der Waals surface area (Å²) in [6.45, 7) is 1.50. The van der Waals surface area contributed by atoms with Crippen molar-refractivity contribution in [3.8, 4) is 5.75 Å². The monoisotopic (exact) mass is 264 g/mol. The van der Waals surface area contributed by atoms with Crippen LogP contribution in [0.1, 0.15) is 5.56 Å². The van der Waals surface area contributed by atoms with Gasteiger partial charge in [-0.25, -0.2) is 0 Å². The zero-order valence-corrected chi connectivity index (χ0v) is 11.1. The van der Waals surface area contributed by atoms with Gasteiger partial charge in [0.05, 0.1) is 26.2 Å². The lowest BCUT2D eigenvalue weighted by molar-refractivity contribution is -0.125. The number of nitrogens with one attached hydrogen (secondary N) is 1. The molecule has 0 spiro atoms. The lowest BCUT2D eigenvalue weighted by atomic mass is 10.0. The van der Waals surface area contributed by atoms with Gasteiger partial charge >= 0.3 is 0 Å². The molecule has 2 atom stereocenters. The third kappa shape index (κ3) is 3.68. The molecule has 1 aliphatic rings. The van der Waals surface area contributed by atoms with Gasteiger partial charge in [0.1, 0.15) is 5.75 Å². The summed E-state index contributed by atoms with van der Waals surface area (Å²) in [4.78, 5) is 11.9. The van der Waals surface area contributed by atoms with E-state index in [9.17, 15) is 4.79 Å². The quantitative estimate of drug-likeness (QED) is 0.803. The van der Waals surface area contributed by atoms with Crippen molar-refractivity contribution in [2.75, 3.05) is 26.9 Å². The van der Waals surface area contributed by atoms with Crippen LogP contribution in [0.25, 0.3) is 0 Å². The van der Waals surface area contributed by atoms with Gasteiger partial charge in [0, 0.05) is 12.6 Å². The molecule has 1 aliphatic heterocycles. The zero-order chi connectivity index (χ0) is 13.7. The first-order chi connectivity index (χ1) is 9.20. The van der Waals surface area contributed by atoms with Crippen LogP contribution in [0.15, 0.2) is 24.3 Å². The molecule has 1 saturated heterocycles. The number of rotatable bonds is 5. The van der Waals surface area contributed by atoms with E-state index in [1.807, 2.05) is 24.3 Å². The van der Waals surface area contributed by atoms with Gasteiger partial charge in [-0.2, -0.15) is 0 Å². The van der Waals surface area contributed by atoms with E-state index in [0.717, 1.165) is 17.7 Å². The summed E-state index contributed by atoms with van der Waals surface area (Å²) in [7, 11) is 1.64. The number of carbonyl (C=O) groups excluding carboxylic acids is 1. The van der Waals surface area contributed by atoms with Gasteiger partial charge in [0.25, 0.3) is 0 Å². The molecule has 5 nitrogen and oxygen atoms in total. The lowest BCUT2D eigenvalue weighted by Gasteiger charge is -2.13. The third-order valence-electron chi connectivity index (χ3n) is 3.33. The molecule has 0 bridgehead atoms. The number of carbonyl (C=O) groups is 1. The molecule has 1 aromatic carbocycles. The summed E-state index contributed by atoms with van der Waals surface area (Å²) in [5.41, 5.74) is 6.96. The fourth-order valence-corrected chi connectivity index (χ4v) is 2.09. The van der Waals surface area contributed by atoms with Gasteiger partial charge in [-0.05, 0) is 24.1 Å². The number of amides is 1. The largest absolute Gasteiger partial charge is 0.497 e. The first-order valence-corrected chi connectivity index (χ1v) is 6.44. The van der Waals surface area contributed by atoms with Crippen LogP contribution in [0.4, 0.5) is 0 Å². The predicted octanol–water partition coefficient (Wildman–Crippen LogP) is 0.328. The number of ether oxygens (including phenoxy) is 2. The highest BCUT2D eigenvalue weighted by Crippen LogP contribution is 2.13. The number of nitrogens with two attached hydrogens (primary N) is 1. The Morgan fingerprint density at radius 1 is 1.42 bits per heavy atom. The van der Waals surface area contributed by atoms with Crippen molar-refractivity contribution < 1.29 is 14.3 Å². The van der Waals surface area contributed by atoms with Crippen molar-refractivity contribution in [1.82, 2.24) is 5.32 Å². The summed E-state index contributed by atoms with van der Waals surface area (Å²) in [6, 6.07) is 7.64. The van der Waals surface area contributed by atoms with Gasteiger partial charge < -0.3 is 20.5 Å². The molecule has 1 fully saturated rings. The summed E-state index contributed by atoms with van der Waals surface area (Å²) in [5, 5.41) is 2.90. The number of methoxy groups -OCH3 is 1. The maximum atomic E-state index is 11.9. The van der Waals surface area contributed by atoms with Crippen LogP contribution >= 0.6 is 0 Å². The highest BCUT2D eigenvalue weighted by molar-refractivity contribution is 5.79. The van der Waals surface area contributed by atoms with Crippen LogP contribution in [-0.4, -0.2) is 38.8 Å². The topological polar surface area (TPSA) is 73.6 Å². The summed E-state index contributed by atoms with van der Waals surface area (Å²) >= 11 is 0. The second-order valence-electron chi connectivity index (χ2n) is 4.70. The molecule has 0 radical (unpaired) electrons. The molecule has 104 valence electrons. The molecule has 19 heavy (non-hydrogen) atoms. The minimum Gasteiger partial charge on any atom is -0.497 e. The van der Waals surface area contributed by atoms with Crippen molar-refractivity contribution in [2.45, 2.75) is 12.5 Å². The Hall–Kier alpha value is -1.59. The van der Waals surface area contributed by atoms with Crippen LogP contribution in [0, 0.1) is 5.92 Å². The SMILES string of the molecule is COc1ccc(CCNC(=O)C2COCC2N)cc1. The van der Waals surface area contributed by atoms with Crippen molar-refractivity contribution in [2.24, 2.45) is 11.7 Å². The highest BCUT2D eigenvalue weighted by atomic mass is 16.5. The molecule has 2 unspecified atom stereocenters. The number of hydrogen-bond acceptors (Lipinski definition) is 4. The Balaban J connectivity index is 1.75. The van der Waals surface area contributed by atoms with E-state index in [-0.39, 0.29) is 17.9 Å². The molecular weight excluding hydrogens is 244 g/mol. The maximum Gasteiger partial charge on any atom is 0.227 e. The molecule has 2 rings (SSSR count). The fourth-order valence-electron chi connectivity index (χ4n) is 2.09. The van der Waals surface area contributed by atoms with E-state index >= 15 is 0 Å². The fraction of sp³-hybridized carbons (Fsp3) is 0.500. The Kier molecular flexibility index (Phi) is 4.76. The highest BCUT2D eigenvalue weighted by Gasteiger charge is 2.30. The smallest absolute Gasteiger partial charge is 0.227 e. The molecular formula is C14H20N2O3. The van der Waals surface area contributed by atoms with Gasteiger partial charge in [-0.3, -0.25) is 4.79 Å². The summed E-state index contributed by atoms with van der Waals surface area (Å²) in [5.74, 6) is 0.608. The van der Waals surface area contributed by atoms with Crippen LogP contribution in [0.3, 0.4) is 0 Å². The second-order valence-corrected chi connectivity index (χ2v) is 4.70. The van der Waals surface area contributed by atoms with Gasteiger partial charge in [0.2, 0.25) is 5.91 Å². The second kappa shape index (κ2) is 6.54. The molecule has 1 heterocycles. The Labute approximate surface area is 113 Å². The van der Waals surface area contributed by atoms with E-state index < -0.39 is 0 Å². The molecule has 0 aromatic heterocycles.